The van der Waals surface area contributed by atoms with Crippen LogP contribution in [-0.2, 0) is 9.53 Å². The van der Waals surface area contributed by atoms with Crippen LogP contribution in [-0.4, -0.2) is 91.5 Å². The standard InChI is InChI=1S/C22H29ClN6O3/c1-3-24-22(31)29(14-15-32-2)16-21(30)28-12-10-27(11-13-28)20-9-8-19(25-26-20)17-6-4-5-7-18(17)23/h4-9H,3,10-16H2,1-2H3,(H,24,31). The number of urea groups is 1. The van der Waals surface area contributed by atoms with Gasteiger partial charge in [-0.05, 0) is 25.1 Å². The fourth-order valence-electron chi connectivity index (χ4n) is 3.47. The number of piperazine rings is 1. The van der Waals surface area contributed by atoms with E-state index >= 15 is 0 Å². The lowest BCUT2D eigenvalue weighted by Crippen LogP contribution is -2.53. The van der Waals surface area contributed by atoms with E-state index in [0.717, 1.165) is 17.1 Å². The smallest absolute Gasteiger partial charge is 0.317 e. The van der Waals surface area contributed by atoms with Gasteiger partial charge in [0.1, 0.15) is 6.54 Å². The fourth-order valence-corrected chi connectivity index (χ4v) is 3.70. The first kappa shape index (κ1) is 23.7. The zero-order valence-corrected chi connectivity index (χ0v) is 19.2. The second-order valence-corrected chi connectivity index (χ2v) is 7.78. The van der Waals surface area contributed by atoms with Gasteiger partial charge in [0.15, 0.2) is 5.82 Å². The van der Waals surface area contributed by atoms with Crippen LogP contribution in [0.25, 0.3) is 11.3 Å². The Morgan fingerprint density at radius 3 is 2.50 bits per heavy atom. The molecule has 1 aromatic heterocycles. The molecule has 0 spiro atoms. The molecule has 0 saturated carbocycles. The number of rotatable bonds is 8. The molecule has 0 unspecified atom stereocenters. The molecule has 1 fully saturated rings. The van der Waals surface area contributed by atoms with Gasteiger partial charge in [-0.1, -0.05) is 29.8 Å². The normalized spacial score (nSPS) is 13.7. The molecule has 0 bridgehead atoms. The van der Waals surface area contributed by atoms with E-state index in [0.29, 0.717) is 50.9 Å². The molecule has 0 radical (unpaired) electrons. The fraction of sp³-hybridized carbons (Fsp3) is 0.455. The van der Waals surface area contributed by atoms with Crippen LogP contribution in [0.5, 0.6) is 0 Å². The second kappa shape index (κ2) is 11.6. The molecule has 0 atom stereocenters. The van der Waals surface area contributed by atoms with Gasteiger partial charge in [0.05, 0.1) is 17.3 Å². The van der Waals surface area contributed by atoms with Crippen LogP contribution in [0.1, 0.15) is 6.92 Å². The van der Waals surface area contributed by atoms with Gasteiger partial charge < -0.3 is 24.8 Å². The van der Waals surface area contributed by atoms with Crippen molar-refractivity contribution in [1.29, 1.82) is 0 Å². The molecule has 2 aromatic rings. The lowest BCUT2D eigenvalue weighted by molar-refractivity contribution is -0.132. The Morgan fingerprint density at radius 1 is 1.12 bits per heavy atom. The van der Waals surface area contributed by atoms with Gasteiger partial charge in [-0.15, -0.1) is 10.2 Å². The summed E-state index contributed by atoms with van der Waals surface area (Å²) in [6.07, 6.45) is 0. The molecule has 0 aliphatic carbocycles. The van der Waals surface area contributed by atoms with E-state index in [1.165, 1.54) is 4.90 Å². The summed E-state index contributed by atoms with van der Waals surface area (Å²) in [7, 11) is 1.57. The zero-order valence-electron chi connectivity index (χ0n) is 18.5. The maximum absolute atomic E-state index is 12.8. The molecule has 1 aliphatic heterocycles. The van der Waals surface area contributed by atoms with Gasteiger partial charge in [-0.2, -0.15) is 0 Å². The van der Waals surface area contributed by atoms with Gasteiger partial charge in [-0.3, -0.25) is 4.79 Å². The van der Waals surface area contributed by atoms with Crippen LogP contribution >= 0.6 is 11.6 Å². The maximum atomic E-state index is 12.8. The summed E-state index contributed by atoms with van der Waals surface area (Å²) >= 11 is 6.24. The predicted molar refractivity (Wildman–Crippen MR) is 124 cm³/mol. The van der Waals surface area contributed by atoms with Crippen LogP contribution < -0.4 is 10.2 Å². The Balaban J connectivity index is 1.55. The van der Waals surface area contributed by atoms with Crippen LogP contribution in [0.3, 0.4) is 0 Å². The van der Waals surface area contributed by atoms with E-state index in [-0.39, 0.29) is 18.5 Å². The van der Waals surface area contributed by atoms with Gasteiger partial charge in [0, 0.05) is 51.9 Å². The Bertz CT molecular complexity index is 903. The molecule has 3 rings (SSSR count). The number of nitrogens with zero attached hydrogens (tertiary/aromatic N) is 5. The third-order valence-electron chi connectivity index (χ3n) is 5.26. The minimum atomic E-state index is -0.259. The first-order chi connectivity index (χ1) is 15.5. The Kier molecular flexibility index (Phi) is 8.64. The largest absolute Gasteiger partial charge is 0.383 e. The first-order valence-electron chi connectivity index (χ1n) is 10.7. The minimum absolute atomic E-state index is 0.0293. The molecule has 1 N–H and O–H groups in total. The summed E-state index contributed by atoms with van der Waals surface area (Å²) in [6.45, 7) is 5.52. The minimum Gasteiger partial charge on any atom is -0.383 e. The summed E-state index contributed by atoms with van der Waals surface area (Å²) in [5, 5.41) is 12.1. The molecule has 3 amide bonds. The summed E-state index contributed by atoms with van der Waals surface area (Å²) in [5.74, 6) is 0.684. The molecule has 1 aliphatic rings. The number of aromatic nitrogens is 2. The van der Waals surface area contributed by atoms with Crippen molar-refractivity contribution in [2.45, 2.75) is 6.92 Å². The number of methoxy groups -OCH3 is 1. The quantitative estimate of drug-likeness (QED) is 0.649. The molecular weight excluding hydrogens is 432 g/mol. The molecule has 9 nitrogen and oxygen atoms in total. The third-order valence-corrected chi connectivity index (χ3v) is 5.59. The molecule has 2 heterocycles. The van der Waals surface area contributed by atoms with E-state index in [1.807, 2.05) is 43.3 Å². The van der Waals surface area contributed by atoms with Crippen molar-refractivity contribution in [1.82, 2.24) is 25.3 Å². The van der Waals surface area contributed by atoms with Crippen LogP contribution in [0, 0.1) is 0 Å². The van der Waals surface area contributed by atoms with Crippen LogP contribution in [0.15, 0.2) is 36.4 Å². The summed E-state index contributed by atoms with van der Waals surface area (Å²) < 4.78 is 5.06. The number of carbonyl (C=O) groups excluding carboxylic acids is 2. The monoisotopic (exact) mass is 460 g/mol. The number of hydrogen-bond donors (Lipinski definition) is 1. The van der Waals surface area contributed by atoms with Crippen molar-refractivity contribution in [3.05, 3.63) is 41.4 Å². The van der Waals surface area contributed by atoms with Gasteiger partial charge in [0.2, 0.25) is 5.91 Å². The molecule has 172 valence electrons. The van der Waals surface area contributed by atoms with Crippen LogP contribution in [0.2, 0.25) is 5.02 Å². The summed E-state index contributed by atoms with van der Waals surface area (Å²) in [5.41, 5.74) is 1.56. The van der Waals surface area contributed by atoms with Gasteiger partial charge in [0.25, 0.3) is 0 Å². The number of hydrogen-bond acceptors (Lipinski definition) is 6. The summed E-state index contributed by atoms with van der Waals surface area (Å²) in [4.78, 5) is 30.3. The Morgan fingerprint density at radius 2 is 1.88 bits per heavy atom. The van der Waals surface area contributed by atoms with Gasteiger partial charge in [-0.25, -0.2) is 4.79 Å². The number of amides is 3. The second-order valence-electron chi connectivity index (χ2n) is 7.37. The van der Waals surface area contributed by atoms with Crippen molar-refractivity contribution in [3.63, 3.8) is 0 Å². The van der Waals surface area contributed by atoms with E-state index in [1.54, 1.807) is 12.0 Å². The topological polar surface area (TPSA) is 90.9 Å². The maximum Gasteiger partial charge on any atom is 0.317 e. The average molecular weight is 461 g/mol. The first-order valence-corrected chi connectivity index (χ1v) is 11.0. The van der Waals surface area contributed by atoms with E-state index in [9.17, 15) is 9.59 Å². The van der Waals surface area contributed by atoms with Crippen molar-refractivity contribution in [2.24, 2.45) is 0 Å². The molecule has 32 heavy (non-hydrogen) atoms. The van der Waals surface area contributed by atoms with Gasteiger partial charge >= 0.3 is 6.03 Å². The number of carbonyl (C=O) groups is 2. The number of nitrogens with one attached hydrogen (secondary N) is 1. The predicted octanol–water partition coefficient (Wildman–Crippen LogP) is 2.12. The molecule has 1 aromatic carbocycles. The van der Waals surface area contributed by atoms with E-state index in [4.69, 9.17) is 16.3 Å². The van der Waals surface area contributed by atoms with Crippen molar-refractivity contribution in [2.75, 3.05) is 64.4 Å². The lowest BCUT2D eigenvalue weighted by atomic mass is 10.1. The highest BCUT2D eigenvalue weighted by Gasteiger charge is 2.25. The SMILES string of the molecule is CCNC(=O)N(CCOC)CC(=O)N1CCN(c2ccc(-c3ccccc3Cl)nn2)CC1. The van der Waals surface area contributed by atoms with Crippen molar-refractivity contribution < 1.29 is 14.3 Å². The highest BCUT2D eigenvalue weighted by Crippen LogP contribution is 2.26. The molecule has 1 saturated heterocycles. The highest BCUT2D eigenvalue weighted by molar-refractivity contribution is 6.33. The van der Waals surface area contributed by atoms with Crippen LogP contribution in [0.4, 0.5) is 10.6 Å². The van der Waals surface area contributed by atoms with E-state index < -0.39 is 0 Å². The third kappa shape index (κ3) is 6.08. The highest BCUT2D eigenvalue weighted by atomic mass is 35.5. The Labute approximate surface area is 193 Å². The van der Waals surface area contributed by atoms with E-state index in [2.05, 4.69) is 20.4 Å². The number of benzene rings is 1. The average Bonchev–Trinajstić information content (AvgIpc) is 2.82. The number of halogens is 1. The number of anilines is 1. The lowest BCUT2D eigenvalue weighted by Gasteiger charge is -2.36. The Hall–Kier alpha value is -2.91. The van der Waals surface area contributed by atoms with Crippen molar-refractivity contribution >= 4 is 29.4 Å². The molecular formula is C22H29ClN6O3. The van der Waals surface area contributed by atoms with Crippen molar-refractivity contribution in [3.8, 4) is 11.3 Å². The zero-order chi connectivity index (χ0) is 22.9. The summed E-state index contributed by atoms with van der Waals surface area (Å²) in [6, 6.07) is 11.1. The number of ether oxygens (including phenoxy) is 1. The molecule has 10 heteroatoms.